The number of piperazine rings is 1. The van der Waals surface area contributed by atoms with Gasteiger partial charge in [-0.05, 0) is 32.7 Å². The lowest BCUT2D eigenvalue weighted by Crippen LogP contribution is -2.54. The summed E-state index contributed by atoms with van der Waals surface area (Å²) < 4.78 is 0. The van der Waals surface area contributed by atoms with Crippen LogP contribution in [0.4, 0.5) is 0 Å². The van der Waals surface area contributed by atoms with Crippen LogP contribution in [0.3, 0.4) is 0 Å². The Bertz CT molecular complexity index is 231. The van der Waals surface area contributed by atoms with Crippen LogP contribution in [0.15, 0.2) is 0 Å². The van der Waals surface area contributed by atoms with Crippen LogP contribution in [-0.2, 0) is 0 Å². The number of likely N-dealkylation sites (N-methyl/N-ethyl adjacent to an activating group) is 1. The zero-order valence-corrected chi connectivity index (χ0v) is 10.5. The fourth-order valence-corrected chi connectivity index (χ4v) is 3.59. The highest BCUT2D eigenvalue weighted by molar-refractivity contribution is 4.94. The number of nitrogens with one attached hydrogen (secondary N) is 1. The first-order valence-electron chi connectivity index (χ1n) is 7.04. The van der Waals surface area contributed by atoms with Crippen LogP contribution in [0.2, 0.25) is 0 Å². The topological polar surface area (TPSA) is 18.5 Å². The van der Waals surface area contributed by atoms with Crippen LogP contribution in [0.25, 0.3) is 0 Å². The minimum Gasteiger partial charge on any atom is -0.315 e. The van der Waals surface area contributed by atoms with Crippen LogP contribution in [0.1, 0.15) is 32.1 Å². The molecule has 0 aromatic heterocycles. The molecule has 0 radical (unpaired) electrons. The molecule has 3 aliphatic rings. The molecule has 0 spiro atoms. The molecule has 1 heterocycles. The van der Waals surface area contributed by atoms with Gasteiger partial charge in [0.15, 0.2) is 0 Å². The van der Waals surface area contributed by atoms with Gasteiger partial charge < -0.3 is 5.32 Å². The van der Waals surface area contributed by atoms with Gasteiger partial charge in [0.05, 0.1) is 0 Å². The second-order valence-electron chi connectivity index (χ2n) is 5.70. The van der Waals surface area contributed by atoms with Crippen molar-refractivity contribution in [3.63, 3.8) is 0 Å². The SMILES string of the molecule is CNC1CCCC1N1CCN(C2CC2)CC1. The highest BCUT2D eigenvalue weighted by atomic mass is 15.3. The second-order valence-corrected chi connectivity index (χ2v) is 5.70. The number of nitrogens with zero attached hydrogens (tertiary/aromatic N) is 2. The van der Waals surface area contributed by atoms with Crippen molar-refractivity contribution in [3.8, 4) is 0 Å². The van der Waals surface area contributed by atoms with Crippen LogP contribution >= 0.6 is 0 Å². The maximum absolute atomic E-state index is 3.50. The molecule has 0 aromatic carbocycles. The average molecular weight is 223 g/mol. The monoisotopic (exact) mass is 223 g/mol. The first kappa shape index (κ1) is 11.0. The van der Waals surface area contributed by atoms with Crippen molar-refractivity contribution in [1.82, 2.24) is 15.1 Å². The maximum atomic E-state index is 3.50. The smallest absolute Gasteiger partial charge is 0.0250 e. The van der Waals surface area contributed by atoms with E-state index in [0.29, 0.717) is 0 Å². The first-order valence-corrected chi connectivity index (χ1v) is 7.04. The van der Waals surface area contributed by atoms with Gasteiger partial charge in [-0.25, -0.2) is 0 Å². The largest absolute Gasteiger partial charge is 0.315 e. The molecule has 0 bridgehead atoms. The van der Waals surface area contributed by atoms with Crippen LogP contribution in [-0.4, -0.2) is 61.2 Å². The van der Waals surface area contributed by atoms with Crippen LogP contribution in [0.5, 0.6) is 0 Å². The Kier molecular flexibility index (Phi) is 3.18. The van der Waals surface area contributed by atoms with Gasteiger partial charge in [0.2, 0.25) is 0 Å². The average Bonchev–Trinajstić information content (AvgIpc) is 3.07. The predicted octanol–water partition coefficient (Wildman–Crippen LogP) is 0.907. The second kappa shape index (κ2) is 4.63. The molecule has 0 amide bonds. The molecule has 1 aliphatic heterocycles. The van der Waals surface area contributed by atoms with Gasteiger partial charge in [-0.1, -0.05) is 6.42 Å². The summed E-state index contributed by atoms with van der Waals surface area (Å²) in [6.07, 6.45) is 7.13. The minimum atomic E-state index is 0.757. The molecular formula is C13H25N3. The van der Waals surface area contributed by atoms with Crippen molar-refractivity contribution < 1.29 is 0 Å². The zero-order valence-electron chi connectivity index (χ0n) is 10.5. The van der Waals surface area contributed by atoms with Gasteiger partial charge in [0.1, 0.15) is 0 Å². The summed E-state index contributed by atoms with van der Waals surface area (Å²) in [5, 5.41) is 3.50. The minimum absolute atomic E-state index is 0.757. The van der Waals surface area contributed by atoms with E-state index in [0.717, 1.165) is 18.1 Å². The van der Waals surface area contributed by atoms with E-state index in [-0.39, 0.29) is 0 Å². The lowest BCUT2D eigenvalue weighted by atomic mass is 10.1. The van der Waals surface area contributed by atoms with E-state index < -0.39 is 0 Å². The molecule has 3 fully saturated rings. The van der Waals surface area contributed by atoms with Crippen LogP contribution < -0.4 is 5.32 Å². The fraction of sp³-hybridized carbons (Fsp3) is 1.00. The molecule has 2 aliphatic carbocycles. The van der Waals surface area contributed by atoms with E-state index in [1.54, 1.807) is 0 Å². The Morgan fingerprint density at radius 2 is 1.56 bits per heavy atom. The quantitative estimate of drug-likeness (QED) is 0.767. The van der Waals surface area contributed by atoms with Gasteiger partial charge in [-0.3, -0.25) is 9.80 Å². The molecule has 2 atom stereocenters. The van der Waals surface area contributed by atoms with Crippen molar-refractivity contribution in [3.05, 3.63) is 0 Å². The summed E-state index contributed by atoms with van der Waals surface area (Å²) in [4.78, 5) is 5.45. The van der Waals surface area contributed by atoms with E-state index in [2.05, 4.69) is 22.2 Å². The maximum Gasteiger partial charge on any atom is 0.0250 e. The summed E-state index contributed by atoms with van der Waals surface area (Å²) in [5.41, 5.74) is 0. The van der Waals surface area contributed by atoms with Crippen molar-refractivity contribution in [2.24, 2.45) is 0 Å². The first-order chi connectivity index (χ1) is 7.88. The van der Waals surface area contributed by atoms with E-state index in [4.69, 9.17) is 0 Å². The van der Waals surface area contributed by atoms with Gasteiger partial charge in [-0.2, -0.15) is 0 Å². The van der Waals surface area contributed by atoms with Crippen LogP contribution in [0, 0.1) is 0 Å². The Balaban J connectivity index is 1.52. The highest BCUT2D eigenvalue weighted by Crippen LogP contribution is 2.30. The number of hydrogen-bond acceptors (Lipinski definition) is 3. The molecule has 92 valence electrons. The number of hydrogen-bond donors (Lipinski definition) is 1. The molecule has 3 heteroatoms. The summed E-state index contributed by atoms with van der Waals surface area (Å²) in [6, 6.07) is 2.55. The van der Waals surface area contributed by atoms with Crippen molar-refractivity contribution in [2.45, 2.75) is 50.2 Å². The molecule has 0 aromatic rings. The third kappa shape index (κ3) is 2.13. The highest BCUT2D eigenvalue weighted by Gasteiger charge is 2.36. The van der Waals surface area contributed by atoms with Crippen molar-refractivity contribution >= 4 is 0 Å². The normalized spacial score (nSPS) is 38.1. The molecular weight excluding hydrogens is 198 g/mol. The molecule has 2 unspecified atom stereocenters. The van der Waals surface area contributed by atoms with E-state index >= 15 is 0 Å². The third-order valence-corrected chi connectivity index (χ3v) is 4.73. The van der Waals surface area contributed by atoms with Gasteiger partial charge >= 0.3 is 0 Å². The van der Waals surface area contributed by atoms with E-state index in [9.17, 15) is 0 Å². The Morgan fingerprint density at radius 3 is 2.19 bits per heavy atom. The fourth-order valence-electron chi connectivity index (χ4n) is 3.59. The predicted molar refractivity (Wildman–Crippen MR) is 66.7 cm³/mol. The molecule has 3 rings (SSSR count). The van der Waals surface area contributed by atoms with E-state index in [1.807, 2.05) is 0 Å². The van der Waals surface area contributed by atoms with Crippen molar-refractivity contribution in [1.29, 1.82) is 0 Å². The summed E-state index contributed by atoms with van der Waals surface area (Å²) in [6.45, 7) is 5.24. The third-order valence-electron chi connectivity index (χ3n) is 4.73. The van der Waals surface area contributed by atoms with Gasteiger partial charge in [-0.15, -0.1) is 0 Å². The van der Waals surface area contributed by atoms with Gasteiger partial charge in [0, 0.05) is 44.3 Å². The standard InChI is InChI=1S/C13H25N3/c1-14-12-3-2-4-13(12)16-9-7-15(8-10-16)11-5-6-11/h11-14H,2-10H2,1H3. The Morgan fingerprint density at radius 1 is 0.875 bits per heavy atom. The molecule has 1 saturated heterocycles. The molecule has 16 heavy (non-hydrogen) atoms. The Hall–Kier alpha value is -0.120. The summed E-state index contributed by atoms with van der Waals surface area (Å²) in [5.74, 6) is 0. The Labute approximate surface area is 99.2 Å². The van der Waals surface area contributed by atoms with E-state index in [1.165, 1.54) is 58.3 Å². The summed E-state index contributed by atoms with van der Waals surface area (Å²) >= 11 is 0. The van der Waals surface area contributed by atoms with Crippen molar-refractivity contribution in [2.75, 3.05) is 33.2 Å². The molecule has 2 saturated carbocycles. The zero-order chi connectivity index (χ0) is 11.0. The van der Waals surface area contributed by atoms with Gasteiger partial charge in [0.25, 0.3) is 0 Å². The lowest BCUT2D eigenvalue weighted by Gasteiger charge is -2.40. The lowest BCUT2D eigenvalue weighted by molar-refractivity contribution is 0.0837. The molecule has 1 N–H and O–H groups in total. The number of rotatable bonds is 3. The molecule has 3 nitrogen and oxygen atoms in total. The summed E-state index contributed by atoms with van der Waals surface area (Å²) in [7, 11) is 2.13.